The zero-order valence-electron chi connectivity index (χ0n) is 20.4. The van der Waals surface area contributed by atoms with Gasteiger partial charge in [0.2, 0.25) is 15.9 Å². The van der Waals surface area contributed by atoms with E-state index in [1.54, 1.807) is 19.3 Å². The molecule has 1 saturated heterocycles. The quantitative estimate of drug-likeness (QED) is 0.501. The fourth-order valence-electron chi connectivity index (χ4n) is 4.62. The third kappa shape index (κ3) is 5.10. The summed E-state index contributed by atoms with van der Waals surface area (Å²) in [7, 11) is -4.06. The smallest absolute Gasteiger partial charge is 0.244 e. The van der Waals surface area contributed by atoms with E-state index < -0.39 is 39.6 Å². The maximum atomic E-state index is 14.6. The average molecular weight is 528 g/mol. The van der Waals surface area contributed by atoms with Gasteiger partial charge in [-0.15, -0.1) is 0 Å². The number of nitrogens with zero attached hydrogens (tertiary/aromatic N) is 4. The summed E-state index contributed by atoms with van der Waals surface area (Å²) in [5.41, 5.74) is 1.31. The van der Waals surface area contributed by atoms with E-state index in [0.29, 0.717) is 23.6 Å². The van der Waals surface area contributed by atoms with Crippen molar-refractivity contribution in [1.82, 2.24) is 24.6 Å². The van der Waals surface area contributed by atoms with Crippen LogP contribution in [0.1, 0.15) is 50.4 Å². The molecule has 0 radical (unpaired) electrons. The van der Waals surface area contributed by atoms with Crippen LogP contribution in [0, 0.1) is 17.6 Å². The first kappa shape index (κ1) is 25.3. The summed E-state index contributed by atoms with van der Waals surface area (Å²) in [5.74, 6) is -0.568. The van der Waals surface area contributed by atoms with E-state index in [-0.39, 0.29) is 22.9 Å². The zero-order chi connectivity index (χ0) is 26.3. The summed E-state index contributed by atoms with van der Waals surface area (Å²) < 4.78 is 55.8. The number of rotatable bonds is 7. The summed E-state index contributed by atoms with van der Waals surface area (Å²) >= 11 is 0. The van der Waals surface area contributed by atoms with Crippen LogP contribution >= 0.6 is 0 Å². The average Bonchev–Trinajstić information content (AvgIpc) is 3.69. The van der Waals surface area contributed by atoms with E-state index >= 15 is 0 Å². The van der Waals surface area contributed by atoms with Gasteiger partial charge in [-0.3, -0.25) is 9.78 Å². The van der Waals surface area contributed by atoms with Crippen molar-refractivity contribution < 1.29 is 22.0 Å². The van der Waals surface area contributed by atoms with Gasteiger partial charge in [-0.05, 0) is 62.4 Å². The fraction of sp³-hybridized carbons (Fsp3) is 0.385. The number of hydrogen-bond donors (Lipinski definition) is 1. The molecule has 1 aliphatic carbocycles. The first-order valence-corrected chi connectivity index (χ1v) is 13.6. The molecule has 1 aliphatic heterocycles. The first-order chi connectivity index (χ1) is 17.6. The maximum absolute atomic E-state index is 14.6. The third-order valence-corrected chi connectivity index (χ3v) is 9.13. The van der Waals surface area contributed by atoms with Crippen LogP contribution < -0.4 is 5.32 Å². The van der Waals surface area contributed by atoms with E-state index in [1.807, 2.05) is 6.92 Å². The predicted molar refractivity (Wildman–Crippen MR) is 131 cm³/mol. The lowest BCUT2D eigenvalue weighted by atomic mass is 10.0. The molecule has 194 valence electrons. The summed E-state index contributed by atoms with van der Waals surface area (Å²) in [6.07, 6.45) is 6.86. The van der Waals surface area contributed by atoms with Gasteiger partial charge in [-0.25, -0.2) is 27.2 Å². The summed E-state index contributed by atoms with van der Waals surface area (Å²) in [6.45, 7) is 3.46. The monoisotopic (exact) mass is 527 g/mol. The topological polar surface area (TPSA) is 105 Å². The molecule has 3 heterocycles. The number of carbonyl (C=O) groups is 1. The second-order valence-corrected chi connectivity index (χ2v) is 11.6. The predicted octanol–water partition coefficient (Wildman–Crippen LogP) is 3.80. The summed E-state index contributed by atoms with van der Waals surface area (Å²) in [5, 5.41) is 2.69. The van der Waals surface area contributed by atoms with Crippen molar-refractivity contribution in [2.24, 2.45) is 5.92 Å². The highest BCUT2D eigenvalue weighted by atomic mass is 32.2. The highest BCUT2D eigenvalue weighted by Crippen LogP contribution is 2.38. The highest BCUT2D eigenvalue weighted by molar-refractivity contribution is 7.89. The molecule has 2 aromatic heterocycles. The Morgan fingerprint density at radius 3 is 2.38 bits per heavy atom. The first-order valence-electron chi connectivity index (χ1n) is 12.2. The number of carbonyl (C=O) groups excluding carboxylic acids is 1. The van der Waals surface area contributed by atoms with Crippen LogP contribution in [0.2, 0.25) is 0 Å². The SMILES string of the molecule is C[C@@H]1C[C@@H](C(=O)NCc2cc(-c3cnc(C4CC4)nc3)ncc2F)N(S(=O)(=O)c2ccc(F)cc2)[C@H]1C. The molecule has 5 rings (SSSR count). The Kier molecular flexibility index (Phi) is 6.76. The molecule has 1 aromatic carbocycles. The van der Waals surface area contributed by atoms with Gasteiger partial charge in [0, 0.05) is 42.0 Å². The molecule has 1 N–H and O–H groups in total. The Bertz CT molecular complexity index is 1410. The molecular formula is C26H27F2N5O3S. The minimum atomic E-state index is -4.06. The summed E-state index contributed by atoms with van der Waals surface area (Å²) in [4.78, 5) is 26.0. The Balaban J connectivity index is 1.33. The Morgan fingerprint density at radius 2 is 1.73 bits per heavy atom. The molecule has 1 saturated carbocycles. The Hall–Kier alpha value is -3.31. The van der Waals surface area contributed by atoms with Crippen LogP contribution in [0.5, 0.6) is 0 Å². The largest absolute Gasteiger partial charge is 0.351 e. The van der Waals surface area contributed by atoms with Gasteiger partial charge in [-0.1, -0.05) is 6.92 Å². The van der Waals surface area contributed by atoms with E-state index in [2.05, 4.69) is 20.3 Å². The van der Waals surface area contributed by atoms with Crippen LogP contribution in [0.15, 0.2) is 53.8 Å². The zero-order valence-corrected chi connectivity index (χ0v) is 21.3. The van der Waals surface area contributed by atoms with Crippen LogP contribution in [0.4, 0.5) is 8.78 Å². The van der Waals surface area contributed by atoms with E-state index in [4.69, 9.17) is 0 Å². The number of hydrogen-bond acceptors (Lipinski definition) is 6. The molecule has 1 amide bonds. The molecule has 11 heteroatoms. The van der Waals surface area contributed by atoms with Crippen LogP contribution in [0.3, 0.4) is 0 Å². The second kappa shape index (κ2) is 9.86. The molecule has 2 fully saturated rings. The third-order valence-electron chi connectivity index (χ3n) is 7.12. The van der Waals surface area contributed by atoms with Crippen molar-refractivity contribution in [1.29, 1.82) is 0 Å². The van der Waals surface area contributed by atoms with Crippen molar-refractivity contribution in [3.05, 3.63) is 71.9 Å². The van der Waals surface area contributed by atoms with Gasteiger partial charge >= 0.3 is 0 Å². The van der Waals surface area contributed by atoms with Crippen LogP contribution in [0.25, 0.3) is 11.3 Å². The van der Waals surface area contributed by atoms with Crippen molar-refractivity contribution in [2.45, 2.75) is 62.6 Å². The molecule has 8 nitrogen and oxygen atoms in total. The maximum Gasteiger partial charge on any atom is 0.244 e. The number of halogens is 2. The minimum absolute atomic E-state index is 0.0890. The van der Waals surface area contributed by atoms with Gasteiger partial charge in [0.1, 0.15) is 23.5 Å². The number of sulfonamides is 1. The number of amides is 1. The van der Waals surface area contributed by atoms with Crippen molar-refractivity contribution in [2.75, 3.05) is 0 Å². The van der Waals surface area contributed by atoms with Gasteiger partial charge in [0.15, 0.2) is 0 Å². The lowest BCUT2D eigenvalue weighted by Gasteiger charge is -2.27. The normalized spacial score (nSPS) is 22.2. The second-order valence-electron chi connectivity index (χ2n) is 9.74. The van der Waals surface area contributed by atoms with Gasteiger partial charge in [-0.2, -0.15) is 4.31 Å². The molecule has 0 unspecified atom stereocenters. The Labute approximate surface area is 214 Å². The van der Waals surface area contributed by atoms with Gasteiger partial charge in [0.25, 0.3) is 0 Å². The number of aromatic nitrogens is 3. The minimum Gasteiger partial charge on any atom is -0.351 e. The standard InChI is InChI=1S/C26H27F2N5O3S/c1-15-9-24(33(16(15)2)37(35,36)21-7-5-20(27)6-8-21)26(34)32-11-18-10-23(29-14-22(18)28)19-12-30-25(31-13-19)17-3-4-17/h5-8,10,12-17,24H,3-4,9,11H2,1-2H3,(H,32,34)/t15-,16+,24+/m1/s1. The van der Waals surface area contributed by atoms with E-state index in [9.17, 15) is 22.0 Å². The molecule has 3 aromatic rings. The van der Waals surface area contributed by atoms with E-state index in [1.165, 1.54) is 22.5 Å². The molecule has 2 aliphatic rings. The fourth-order valence-corrected chi connectivity index (χ4v) is 6.51. The highest BCUT2D eigenvalue weighted by Gasteiger charge is 2.47. The molecule has 3 atom stereocenters. The van der Waals surface area contributed by atoms with E-state index in [0.717, 1.165) is 37.0 Å². The van der Waals surface area contributed by atoms with Crippen molar-refractivity contribution >= 4 is 15.9 Å². The number of benzene rings is 1. The lowest BCUT2D eigenvalue weighted by Crippen LogP contribution is -2.48. The summed E-state index contributed by atoms with van der Waals surface area (Å²) in [6, 6.07) is 4.61. The number of nitrogens with one attached hydrogen (secondary N) is 1. The van der Waals surface area contributed by atoms with Gasteiger partial charge < -0.3 is 5.32 Å². The van der Waals surface area contributed by atoms with Crippen LogP contribution in [-0.2, 0) is 21.4 Å². The van der Waals surface area contributed by atoms with Crippen molar-refractivity contribution in [3.63, 3.8) is 0 Å². The van der Waals surface area contributed by atoms with Crippen molar-refractivity contribution in [3.8, 4) is 11.3 Å². The lowest BCUT2D eigenvalue weighted by molar-refractivity contribution is -0.124. The van der Waals surface area contributed by atoms with Gasteiger partial charge in [0.05, 0.1) is 16.8 Å². The number of pyridine rings is 1. The molecular weight excluding hydrogens is 500 g/mol. The Morgan fingerprint density at radius 1 is 1.05 bits per heavy atom. The molecule has 0 spiro atoms. The molecule has 37 heavy (non-hydrogen) atoms. The van der Waals surface area contributed by atoms with Crippen LogP contribution in [-0.4, -0.2) is 45.7 Å². The molecule has 0 bridgehead atoms.